The van der Waals surface area contributed by atoms with E-state index in [1.54, 1.807) is 68.9 Å². The van der Waals surface area contributed by atoms with E-state index >= 15 is 0 Å². The molecule has 0 unspecified atom stereocenters. The molecule has 0 amide bonds. The second-order valence-corrected chi connectivity index (χ2v) is 9.87. The number of ether oxygens (including phenoxy) is 3. The van der Waals surface area contributed by atoms with Gasteiger partial charge >= 0.3 is 5.97 Å². The Kier molecular flexibility index (Phi) is 7.66. The molecule has 0 saturated heterocycles. The van der Waals surface area contributed by atoms with Crippen molar-refractivity contribution >= 4 is 35.0 Å². The largest absolute Gasteiger partial charge is 0.497 e. The molecule has 1 aliphatic heterocycles. The normalized spacial score (nSPS) is 15.5. The summed E-state index contributed by atoms with van der Waals surface area (Å²) in [6, 6.07) is 11.8. The monoisotopic (exact) mass is 526 g/mol. The van der Waals surface area contributed by atoms with Crippen LogP contribution in [0.25, 0.3) is 6.08 Å². The summed E-state index contributed by atoms with van der Waals surface area (Å²) in [5.74, 6) is 0.786. The molecule has 0 N–H and O–H groups in total. The van der Waals surface area contributed by atoms with Crippen LogP contribution in [0.4, 0.5) is 0 Å². The van der Waals surface area contributed by atoms with Crippen LogP contribution in [0, 0.1) is 0 Å². The molecule has 36 heavy (non-hydrogen) atoms. The number of rotatable bonds is 7. The van der Waals surface area contributed by atoms with Crippen LogP contribution in [0.15, 0.2) is 63.5 Å². The average Bonchev–Trinajstić information content (AvgIpc) is 3.14. The number of thiazole rings is 1. The van der Waals surface area contributed by atoms with Crippen molar-refractivity contribution in [1.29, 1.82) is 0 Å². The molecule has 2 aromatic carbocycles. The van der Waals surface area contributed by atoms with Gasteiger partial charge in [-0.1, -0.05) is 35.1 Å². The Morgan fingerprint density at radius 2 is 1.94 bits per heavy atom. The first-order valence-electron chi connectivity index (χ1n) is 11.5. The molecule has 1 aromatic heterocycles. The van der Waals surface area contributed by atoms with E-state index < -0.39 is 12.0 Å². The van der Waals surface area contributed by atoms with Crippen LogP contribution in [-0.4, -0.2) is 30.4 Å². The number of aromatic nitrogens is 1. The van der Waals surface area contributed by atoms with Crippen molar-refractivity contribution in [3.63, 3.8) is 0 Å². The predicted molar refractivity (Wildman–Crippen MR) is 141 cm³/mol. The van der Waals surface area contributed by atoms with Gasteiger partial charge in [-0.05, 0) is 69.7 Å². The van der Waals surface area contributed by atoms with Crippen LogP contribution in [-0.2, 0) is 9.53 Å². The van der Waals surface area contributed by atoms with E-state index in [4.69, 9.17) is 25.8 Å². The summed E-state index contributed by atoms with van der Waals surface area (Å²) in [5.41, 5.74) is 1.99. The fourth-order valence-electron chi connectivity index (χ4n) is 4.02. The molecule has 3 aromatic rings. The van der Waals surface area contributed by atoms with E-state index in [9.17, 15) is 9.59 Å². The van der Waals surface area contributed by atoms with E-state index in [-0.39, 0.29) is 11.7 Å². The number of carbonyl (C=O) groups excluding carboxylic acids is 1. The smallest absolute Gasteiger partial charge is 0.338 e. The molecule has 0 aliphatic carbocycles. The molecule has 4 rings (SSSR count). The summed E-state index contributed by atoms with van der Waals surface area (Å²) < 4.78 is 18.5. The van der Waals surface area contributed by atoms with Crippen LogP contribution < -0.4 is 24.4 Å². The Morgan fingerprint density at radius 1 is 1.22 bits per heavy atom. The second-order valence-electron chi connectivity index (χ2n) is 8.42. The minimum absolute atomic E-state index is 0.274. The molecule has 1 atom stereocenters. The zero-order valence-electron chi connectivity index (χ0n) is 20.7. The first-order valence-corrected chi connectivity index (χ1v) is 12.7. The van der Waals surface area contributed by atoms with Crippen LogP contribution in [0.2, 0.25) is 5.02 Å². The molecule has 188 valence electrons. The van der Waals surface area contributed by atoms with E-state index in [2.05, 4.69) is 4.99 Å². The molecule has 1 aliphatic rings. The number of halogens is 1. The number of fused-ring (bicyclic) bond motifs is 1. The van der Waals surface area contributed by atoms with Crippen molar-refractivity contribution in [3.8, 4) is 11.5 Å². The Balaban J connectivity index is 1.94. The zero-order chi connectivity index (χ0) is 26.0. The summed E-state index contributed by atoms with van der Waals surface area (Å²) in [4.78, 5) is 32.1. The predicted octanol–water partition coefficient (Wildman–Crippen LogP) is 4.25. The van der Waals surface area contributed by atoms with Crippen molar-refractivity contribution in [1.82, 2.24) is 4.57 Å². The standard InChI is InChI=1S/C27H27ClN2O5S/c1-6-34-21-12-9-19(28)13-18(21)14-22-25(31)30-24(17-7-10-20(33-5)11-8-17)23(26(32)35-15(2)3)16(4)29-27(30)36-22/h7-15,24H,6H2,1-5H3/b22-14-/t24-/m1/s1. The van der Waals surface area contributed by atoms with Crippen molar-refractivity contribution in [2.24, 2.45) is 4.99 Å². The number of benzene rings is 2. The molecule has 2 heterocycles. The minimum atomic E-state index is -0.703. The van der Waals surface area contributed by atoms with Crippen molar-refractivity contribution < 1.29 is 19.0 Å². The molecule has 0 saturated carbocycles. The molecule has 9 heteroatoms. The zero-order valence-corrected chi connectivity index (χ0v) is 22.3. The fraction of sp³-hybridized carbons (Fsp3) is 0.296. The van der Waals surface area contributed by atoms with Gasteiger partial charge in [-0.3, -0.25) is 9.36 Å². The lowest BCUT2D eigenvalue weighted by atomic mass is 9.96. The summed E-state index contributed by atoms with van der Waals surface area (Å²) in [5, 5.41) is 0.531. The number of esters is 1. The minimum Gasteiger partial charge on any atom is -0.497 e. The number of nitrogens with zero attached hydrogens (tertiary/aromatic N) is 2. The van der Waals surface area contributed by atoms with Gasteiger partial charge in [0.15, 0.2) is 4.80 Å². The highest BCUT2D eigenvalue weighted by atomic mass is 35.5. The van der Waals surface area contributed by atoms with E-state index in [0.29, 0.717) is 49.3 Å². The van der Waals surface area contributed by atoms with Crippen LogP contribution in [0.1, 0.15) is 44.9 Å². The lowest BCUT2D eigenvalue weighted by Crippen LogP contribution is -2.40. The first-order chi connectivity index (χ1) is 17.2. The van der Waals surface area contributed by atoms with E-state index in [1.807, 2.05) is 19.1 Å². The van der Waals surface area contributed by atoms with Gasteiger partial charge in [0.2, 0.25) is 0 Å². The molecule has 0 bridgehead atoms. The fourth-order valence-corrected chi connectivity index (χ4v) is 5.24. The first kappa shape index (κ1) is 25.7. The molecular weight excluding hydrogens is 500 g/mol. The van der Waals surface area contributed by atoms with Gasteiger partial charge in [-0.25, -0.2) is 9.79 Å². The maximum Gasteiger partial charge on any atom is 0.338 e. The van der Waals surface area contributed by atoms with Gasteiger partial charge in [-0.15, -0.1) is 0 Å². The van der Waals surface area contributed by atoms with Gasteiger partial charge in [0.1, 0.15) is 11.5 Å². The molecular formula is C27H27ClN2O5S. The Bertz CT molecular complexity index is 1500. The SMILES string of the molecule is CCOc1ccc(Cl)cc1/C=c1\sc2n(c1=O)[C@H](c1ccc(OC)cc1)C(C(=O)OC(C)C)=C(C)N=2. The molecule has 0 radical (unpaired) electrons. The maximum absolute atomic E-state index is 13.8. The topological polar surface area (TPSA) is 79.1 Å². The van der Waals surface area contributed by atoms with Crippen molar-refractivity contribution in [2.75, 3.05) is 13.7 Å². The summed E-state index contributed by atoms with van der Waals surface area (Å²) >= 11 is 7.47. The van der Waals surface area contributed by atoms with Gasteiger partial charge in [0, 0.05) is 10.6 Å². The van der Waals surface area contributed by atoms with Crippen molar-refractivity contribution in [2.45, 2.75) is 39.8 Å². The number of hydrogen-bond donors (Lipinski definition) is 0. The molecule has 0 fully saturated rings. The lowest BCUT2D eigenvalue weighted by Gasteiger charge is -2.25. The van der Waals surface area contributed by atoms with Crippen molar-refractivity contribution in [3.05, 3.63) is 89.6 Å². The van der Waals surface area contributed by atoms with Gasteiger partial charge in [0.25, 0.3) is 5.56 Å². The highest BCUT2D eigenvalue weighted by molar-refractivity contribution is 7.07. The third kappa shape index (κ3) is 5.10. The molecule has 0 spiro atoms. The molecule has 7 nitrogen and oxygen atoms in total. The third-order valence-corrected chi connectivity index (χ3v) is 6.79. The van der Waals surface area contributed by atoms with Crippen LogP contribution in [0.3, 0.4) is 0 Å². The van der Waals surface area contributed by atoms with E-state index in [0.717, 1.165) is 5.56 Å². The number of allylic oxidation sites excluding steroid dienone is 1. The summed E-state index contributed by atoms with van der Waals surface area (Å²) in [7, 11) is 1.58. The quantitative estimate of drug-likeness (QED) is 0.430. The third-order valence-electron chi connectivity index (χ3n) is 5.57. The Morgan fingerprint density at radius 3 is 2.58 bits per heavy atom. The van der Waals surface area contributed by atoms with E-state index in [1.165, 1.54) is 11.3 Å². The average molecular weight is 527 g/mol. The summed E-state index contributed by atoms with van der Waals surface area (Å²) in [6.07, 6.45) is 1.43. The Hall–Kier alpha value is -3.36. The second kappa shape index (κ2) is 10.7. The van der Waals surface area contributed by atoms with Crippen LogP contribution >= 0.6 is 22.9 Å². The number of carbonyl (C=O) groups is 1. The highest BCUT2D eigenvalue weighted by Gasteiger charge is 2.33. The van der Waals surface area contributed by atoms with Crippen LogP contribution in [0.5, 0.6) is 11.5 Å². The highest BCUT2D eigenvalue weighted by Crippen LogP contribution is 2.32. The van der Waals surface area contributed by atoms with Gasteiger partial charge in [-0.2, -0.15) is 0 Å². The summed E-state index contributed by atoms with van der Waals surface area (Å²) in [6.45, 7) is 7.69. The van der Waals surface area contributed by atoms with Gasteiger partial charge < -0.3 is 14.2 Å². The van der Waals surface area contributed by atoms with Gasteiger partial charge in [0.05, 0.1) is 41.7 Å². The number of methoxy groups -OCH3 is 1. The lowest BCUT2D eigenvalue weighted by molar-refractivity contribution is -0.143. The maximum atomic E-state index is 13.8. The Labute approximate surface area is 217 Å². The number of hydrogen-bond acceptors (Lipinski definition) is 7.